The van der Waals surface area contributed by atoms with Crippen LogP contribution in [0.15, 0.2) is 47.3 Å². The van der Waals surface area contributed by atoms with E-state index in [1.54, 1.807) is 18.2 Å². The van der Waals surface area contributed by atoms with Gasteiger partial charge in [0.25, 0.3) is 5.56 Å². The molecule has 3 aromatic rings. The fraction of sp³-hybridized carbons (Fsp3) is 0.286. The second kappa shape index (κ2) is 8.84. The van der Waals surface area contributed by atoms with Gasteiger partial charge in [-0.1, -0.05) is 30.3 Å². The Morgan fingerprint density at radius 2 is 1.86 bits per heavy atom. The van der Waals surface area contributed by atoms with E-state index in [9.17, 15) is 9.59 Å². The van der Waals surface area contributed by atoms with Crippen molar-refractivity contribution in [2.45, 2.75) is 26.8 Å². The number of aryl methyl sites for hydroxylation is 2. The van der Waals surface area contributed by atoms with Crippen molar-refractivity contribution in [2.24, 2.45) is 0 Å². The number of amides is 1. The van der Waals surface area contributed by atoms with Crippen LogP contribution in [-0.4, -0.2) is 28.6 Å². The van der Waals surface area contributed by atoms with E-state index in [2.05, 4.69) is 10.3 Å². The van der Waals surface area contributed by atoms with Gasteiger partial charge in [-0.3, -0.25) is 14.2 Å². The lowest BCUT2D eigenvalue weighted by atomic mass is 10.1. The number of hydrogen-bond acceptors (Lipinski definition) is 4. The SMILES string of the molecule is Cc1cccc(C)c1OCCNC(=O)CCn1c(=S)[nH]c2ccccc2c1=O. The van der Waals surface area contributed by atoms with Crippen molar-refractivity contribution in [2.75, 3.05) is 13.2 Å². The predicted molar refractivity (Wildman–Crippen MR) is 112 cm³/mol. The van der Waals surface area contributed by atoms with Gasteiger partial charge in [0.1, 0.15) is 12.4 Å². The molecule has 3 rings (SSSR count). The summed E-state index contributed by atoms with van der Waals surface area (Å²) in [5.41, 5.74) is 2.64. The lowest BCUT2D eigenvalue weighted by molar-refractivity contribution is -0.121. The van der Waals surface area contributed by atoms with Crippen LogP contribution in [0.4, 0.5) is 0 Å². The second-order valence-electron chi connectivity index (χ2n) is 6.60. The zero-order valence-electron chi connectivity index (χ0n) is 16.0. The summed E-state index contributed by atoms with van der Waals surface area (Å²) in [4.78, 5) is 27.7. The number of aromatic amines is 1. The molecule has 146 valence electrons. The molecule has 1 amide bonds. The highest BCUT2D eigenvalue weighted by molar-refractivity contribution is 7.71. The normalized spacial score (nSPS) is 10.8. The number of carbonyl (C=O) groups is 1. The van der Waals surface area contributed by atoms with Gasteiger partial charge < -0.3 is 15.0 Å². The molecule has 7 heteroatoms. The van der Waals surface area contributed by atoms with Gasteiger partial charge in [-0.25, -0.2) is 0 Å². The van der Waals surface area contributed by atoms with Gasteiger partial charge in [0.15, 0.2) is 4.77 Å². The summed E-state index contributed by atoms with van der Waals surface area (Å²) in [5.74, 6) is 0.699. The summed E-state index contributed by atoms with van der Waals surface area (Å²) in [5, 5.41) is 3.37. The molecule has 1 aromatic heterocycles. The molecule has 2 aromatic carbocycles. The topological polar surface area (TPSA) is 76.1 Å². The van der Waals surface area contributed by atoms with Crippen molar-refractivity contribution in [3.63, 3.8) is 0 Å². The van der Waals surface area contributed by atoms with Crippen molar-refractivity contribution < 1.29 is 9.53 Å². The fourth-order valence-corrected chi connectivity index (χ4v) is 3.36. The molecule has 0 saturated carbocycles. The minimum absolute atomic E-state index is 0.153. The number of nitrogens with one attached hydrogen (secondary N) is 2. The predicted octanol–water partition coefficient (Wildman–Crippen LogP) is 3.26. The van der Waals surface area contributed by atoms with Gasteiger partial charge in [-0.15, -0.1) is 0 Å². The van der Waals surface area contributed by atoms with E-state index in [1.165, 1.54) is 4.57 Å². The van der Waals surface area contributed by atoms with E-state index < -0.39 is 0 Å². The van der Waals surface area contributed by atoms with Gasteiger partial charge >= 0.3 is 0 Å². The smallest absolute Gasteiger partial charge is 0.262 e. The van der Waals surface area contributed by atoms with Crippen LogP contribution in [0.5, 0.6) is 5.75 Å². The monoisotopic (exact) mass is 397 g/mol. The number of hydrogen-bond donors (Lipinski definition) is 2. The van der Waals surface area contributed by atoms with Crippen molar-refractivity contribution in [1.82, 2.24) is 14.9 Å². The summed E-state index contributed by atoms with van der Waals surface area (Å²) in [6.07, 6.45) is 0.166. The minimum Gasteiger partial charge on any atom is -0.491 e. The Labute approximate surface area is 168 Å². The number of H-pyrrole nitrogens is 1. The van der Waals surface area contributed by atoms with Crippen LogP contribution in [0.25, 0.3) is 10.9 Å². The molecule has 0 bridgehead atoms. The molecule has 0 aliphatic carbocycles. The molecule has 0 aliphatic heterocycles. The standard InChI is InChI=1S/C21H23N3O3S/c1-14-6-5-7-15(2)19(14)27-13-11-22-18(25)10-12-24-20(26)16-8-3-4-9-17(16)23-21(24)28/h3-9H,10-13H2,1-2H3,(H,22,25)(H,23,28). The van der Waals surface area contributed by atoms with E-state index in [0.717, 1.165) is 16.9 Å². The fourth-order valence-electron chi connectivity index (χ4n) is 3.07. The first-order chi connectivity index (χ1) is 13.5. The third kappa shape index (κ3) is 4.48. The third-order valence-corrected chi connectivity index (χ3v) is 4.85. The summed E-state index contributed by atoms with van der Waals surface area (Å²) in [7, 11) is 0. The molecule has 0 radical (unpaired) electrons. The molecule has 1 heterocycles. The molecule has 0 saturated heterocycles. The summed E-state index contributed by atoms with van der Waals surface area (Å²) in [6.45, 7) is 4.99. The lowest BCUT2D eigenvalue weighted by Crippen LogP contribution is -2.31. The third-order valence-electron chi connectivity index (χ3n) is 4.53. The van der Waals surface area contributed by atoms with E-state index >= 15 is 0 Å². The van der Waals surface area contributed by atoms with E-state index in [4.69, 9.17) is 17.0 Å². The molecular weight excluding hydrogens is 374 g/mol. The number of rotatable bonds is 7. The largest absolute Gasteiger partial charge is 0.491 e. The molecule has 0 unspecified atom stereocenters. The molecule has 6 nitrogen and oxygen atoms in total. The highest BCUT2D eigenvalue weighted by Crippen LogP contribution is 2.21. The zero-order chi connectivity index (χ0) is 20.1. The van der Waals surface area contributed by atoms with Crippen molar-refractivity contribution >= 4 is 29.0 Å². The van der Waals surface area contributed by atoms with Gasteiger partial charge in [0, 0.05) is 13.0 Å². The first-order valence-electron chi connectivity index (χ1n) is 9.15. The summed E-state index contributed by atoms with van der Waals surface area (Å²) in [6, 6.07) is 13.2. The molecule has 0 aliphatic rings. The number of benzene rings is 2. The second-order valence-corrected chi connectivity index (χ2v) is 6.99. The Hall–Kier alpha value is -2.93. The molecular formula is C21H23N3O3S. The maximum Gasteiger partial charge on any atom is 0.262 e. The van der Waals surface area contributed by atoms with Crippen LogP contribution < -0.4 is 15.6 Å². The summed E-state index contributed by atoms with van der Waals surface area (Å²) >= 11 is 5.26. The summed E-state index contributed by atoms with van der Waals surface area (Å²) < 4.78 is 7.51. The number of nitrogens with zero attached hydrogens (tertiary/aromatic N) is 1. The highest BCUT2D eigenvalue weighted by Gasteiger charge is 2.08. The van der Waals surface area contributed by atoms with Crippen LogP contribution in [0.1, 0.15) is 17.5 Å². The number of aromatic nitrogens is 2. The Morgan fingerprint density at radius 3 is 2.61 bits per heavy atom. The molecule has 2 N–H and O–H groups in total. The maximum absolute atomic E-state index is 12.6. The minimum atomic E-state index is -0.189. The van der Waals surface area contributed by atoms with E-state index in [-0.39, 0.29) is 24.4 Å². The van der Waals surface area contributed by atoms with Gasteiger partial charge in [-0.05, 0) is 49.3 Å². The Morgan fingerprint density at radius 1 is 1.14 bits per heavy atom. The molecule has 0 fully saturated rings. The number of ether oxygens (including phenoxy) is 1. The first-order valence-corrected chi connectivity index (χ1v) is 9.56. The molecule has 28 heavy (non-hydrogen) atoms. The zero-order valence-corrected chi connectivity index (χ0v) is 16.8. The van der Waals surface area contributed by atoms with Crippen LogP contribution in [-0.2, 0) is 11.3 Å². The van der Waals surface area contributed by atoms with Crippen LogP contribution >= 0.6 is 12.2 Å². The van der Waals surface area contributed by atoms with Gasteiger partial charge in [-0.2, -0.15) is 0 Å². The lowest BCUT2D eigenvalue weighted by Gasteiger charge is -2.12. The van der Waals surface area contributed by atoms with Crippen molar-refractivity contribution in [1.29, 1.82) is 0 Å². The van der Waals surface area contributed by atoms with E-state index in [0.29, 0.717) is 28.8 Å². The molecule has 0 spiro atoms. The van der Waals surface area contributed by atoms with Gasteiger partial charge in [0.05, 0.1) is 17.4 Å². The molecule has 0 atom stereocenters. The Bertz CT molecular complexity index is 1100. The first kappa shape index (κ1) is 19.8. The Kier molecular flexibility index (Phi) is 6.26. The highest BCUT2D eigenvalue weighted by atomic mass is 32.1. The average Bonchev–Trinajstić information content (AvgIpc) is 2.67. The van der Waals surface area contributed by atoms with Crippen LogP contribution in [0.2, 0.25) is 0 Å². The number of para-hydroxylation sites is 2. The van der Waals surface area contributed by atoms with Crippen molar-refractivity contribution in [3.8, 4) is 5.75 Å². The van der Waals surface area contributed by atoms with Crippen molar-refractivity contribution in [3.05, 3.63) is 68.7 Å². The van der Waals surface area contributed by atoms with E-state index in [1.807, 2.05) is 38.1 Å². The van der Waals surface area contributed by atoms with Crippen LogP contribution in [0, 0.1) is 18.6 Å². The Balaban J connectivity index is 1.53. The van der Waals surface area contributed by atoms with Crippen LogP contribution in [0.3, 0.4) is 0 Å². The quantitative estimate of drug-likeness (QED) is 0.474. The maximum atomic E-state index is 12.6. The number of fused-ring (bicyclic) bond motifs is 1. The average molecular weight is 398 g/mol. The number of carbonyl (C=O) groups excluding carboxylic acids is 1. The van der Waals surface area contributed by atoms with Gasteiger partial charge in [0.2, 0.25) is 5.91 Å².